The zero-order chi connectivity index (χ0) is 11.7. The van der Waals surface area contributed by atoms with Gasteiger partial charge in [-0.1, -0.05) is 28.1 Å². The number of nitrogens with one attached hydrogen (secondary N) is 1. The van der Waals surface area contributed by atoms with Crippen molar-refractivity contribution in [2.75, 3.05) is 6.54 Å². The second kappa shape index (κ2) is 4.88. The molecule has 2 nitrogen and oxygen atoms in total. The molecule has 2 aromatic rings. The SMILES string of the molecule is Brc1cccc(-c2nc([C@@H]3CCCN3)cs2)c1. The van der Waals surface area contributed by atoms with Gasteiger partial charge in [-0.05, 0) is 31.5 Å². The summed E-state index contributed by atoms with van der Waals surface area (Å²) in [5, 5.41) is 6.77. The highest BCUT2D eigenvalue weighted by Crippen LogP contribution is 2.30. The summed E-state index contributed by atoms with van der Waals surface area (Å²) >= 11 is 5.22. The molecule has 1 N–H and O–H groups in total. The van der Waals surface area contributed by atoms with Gasteiger partial charge < -0.3 is 5.32 Å². The van der Waals surface area contributed by atoms with Crippen LogP contribution in [0.4, 0.5) is 0 Å². The molecule has 88 valence electrons. The predicted molar refractivity (Wildman–Crippen MR) is 75.2 cm³/mol. The first kappa shape index (κ1) is 11.4. The highest BCUT2D eigenvalue weighted by molar-refractivity contribution is 9.10. The first-order chi connectivity index (χ1) is 8.33. The van der Waals surface area contributed by atoms with Gasteiger partial charge in [0.25, 0.3) is 0 Å². The average molecular weight is 309 g/mol. The number of nitrogens with zero attached hydrogens (tertiary/aromatic N) is 1. The Labute approximate surface area is 113 Å². The van der Waals surface area contributed by atoms with E-state index in [9.17, 15) is 0 Å². The summed E-state index contributed by atoms with van der Waals surface area (Å²) in [7, 11) is 0. The third-order valence-electron chi connectivity index (χ3n) is 3.01. The fourth-order valence-corrected chi connectivity index (χ4v) is 3.41. The lowest BCUT2D eigenvalue weighted by molar-refractivity contribution is 0.632. The Bertz CT molecular complexity index is 518. The molecule has 0 radical (unpaired) electrons. The normalized spacial score (nSPS) is 19.7. The van der Waals surface area contributed by atoms with Gasteiger partial charge in [0.1, 0.15) is 5.01 Å². The van der Waals surface area contributed by atoms with E-state index in [2.05, 4.69) is 38.8 Å². The van der Waals surface area contributed by atoms with Gasteiger partial charge in [0, 0.05) is 15.4 Å². The summed E-state index contributed by atoms with van der Waals surface area (Å²) in [6, 6.07) is 8.78. The fraction of sp³-hybridized carbons (Fsp3) is 0.308. The zero-order valence-electron chi connectivity index (χ0n) is 9.32. The first-order valence-electron chi connectivity index (χ1n) is 5.78. The van der Waals surface area contributed by atoms with Gasteiger partial charge in [0.2, 0.25) is 0 Å². The van der Waals surface area contributed by atoms with Crippen LogP contribution in [0.15, 0.2) is 34.1 Å². The van der Waals surface area contributed by atoms with Crippen molar-refractivity contribution in [1.29, 1.82) is 0 Å². The van der Waals surface area contributed by atoms with E-state index >= 15 is 0 Å². The molecule has 3 rings (SSSR count). The summed E-state index contributed by atoms with van der Waals surface area (Å²) in [5.41, 5.74) is 2.39. The van der Waals surface area contributed by atoms with E-state index in [4.69, 9.17) is 4.98 Å². The second-order valence-corrected chi connectivity index (χ2v) is 6.01. The fourth-order valence-electron chi connectivity index (χ4n) is 2.14. The van der Waals surface area contributed by atoms with Crippen molar-refractivity contribution in [2.45, 2.75) is 18.9 Å². The Morgan fingerprint density at radius 1 is 1.41 bits per heavy atom. The van der Waals surface area contributed by atoms with Crippen molar-refractivity contribution in [1.82, 2.24) is 10.3 Å². The molecule has 0 spiro atoms. The molecule has 1 aromatic heterocycles. The molecule has 4 heteroatoms. The van der Waals surface area contributed by atoms with Crippen molar-refractivity contribution in [3.63, 3.8) is 0 Å². The molecule has 0 bridgehead atoms. The van der Waals surface area contributed by atoms with Crippen LogP contribution >= 0.6 is 27.3 Å². The predicted octanol–water partition coefficient (Wildman–Crippen LogP) is 4.00. The molecule has 0 saturated carbocycles. The number of halogens is 1. The van der Waals surface area contributed by atoms with Gasteiger partial charge in [-0.2, -0.15) is 0 Å². The van der Waals surface area contributed by atoms with E-state index in [1.165, 1.54) is 24.1 Å². The summed E-state index contributed by atoms with van der Waals surface area (Å²) < 4.78 is 1.10. The molecule has 1 aromatic carbocycles. The Hall–Kier alpha value is -0.710. The lowest BCUT2D eigenvalue weighted by Crippen LogP contribution is -2.12. The Kier molecular flexibility index (Phi) is 3.27. The third-order valence-corrected chi connectivity index (χ3v) is 4.41. The highest BCUT2D eigenvalue weighted by Gasteiger charge is 2.19. The Balaban J connectivity index is 1.89. The summed E-state index contributed by atoms with van der Waals surface area (Å²) in [6.45, 7) is 1.12. The van der Waals surface area contributed by atoms with Crippen molar-refractivity contribution < 1.29 is 0 Å². The van der Waals surface area contributed by atoms with E-state index in [0.717, 1.165) is 16.0 Å². The molecule has 0 aliphatic carbocycles. The monoisotopic (exact) mass is 308 g/mol. The van der Waals surface area contributed by atoms with Crippen LogP contribution < -0.4 is 5.32 Å². The van der Waals surface area contributed by atoms with Gasteiger partial charge in [0.15, 0.2) is 0 Å². The minimum absolute atomic E-state index is 0.465. The standard InChI is InChI=1S/C13H13BrN2S/c14-10-4-1-3-9(7-10)13-16-12(8-17-13)11-5-2-6-15-11/h1,3-4,7-8,11,15H,2,5-6H2/t11-/m0/s1. The van der Waals surface area contributed by atoms with Crippen molar-refractivity contribution >= 4 is 27.3 Å². The average Bonchev–Trinajstić information content (AvgIpc) is 3.00. The largest absolute Gasteiger partial charge is 0.309 e. The number of hydrogen-bond donors (Lipinski definition) is 1. The van der Waals surface area contributed by atoms with E-state index in [1.54, 1.807) is 11.3 Å². The zero-order valence-corrected chi connectivity index (χ0v) is 11.7. The highest BCUT2D eigenvalue weighted by atomic mass is 79.9. The van der Waals surface area contributed by atoms with Crippen molar-refractivity contribution in [3.05, 3.63) is 39.8 Å². The maximum atomic E-state index is 4.74. The molecule has 0 unspecified atom stereocenters. The molecule has 1 aliphatic heterocycles. The van der Waals surface area contributed by atoms with Crippen LogP contribution in [0.2, 0.25) is 0 Å². The lowest BCUT2D eigenvalue weighted by atomic mass is 10.2. The van der Waals surface area contributed by atoms with Gasteiger partial charge in [-0.3, -0.25) is 0 Å². The maximum absolute atomic E-state index is 4.74. The number of benzene rings is 1. The van der Waals surface area contributed by atoms with Gasteiger partial charge in [-0.25, -0.2) is 4.98 Å². The first-order valence-corrected chi connectivity index (χ1v) is 7.45. The minimum Gasteiger partial charge on any atom is -0.309 e. The van der Waals surface area contributed by atoms with Crippen LogP contribution in [0, 0.1) is 0 Å². The summed E-state index contributed by atoms with van der Waals surface area (Å²) in [4.78, 5) is 4.74. The number of hydrogen-bond acceptors (Lipinski definition) is 3. The quantitative estimate of drug-likeness (QED) is 0.907. The molecule has 2 heterocycles. The number of aromatic nitrogens is 1. The van der Waals surface area contributed by atoms with Crippen LogP contribution in [0.3, 0.4) is 0 Å². The summed E-state index contributed by atoms with van der Waals surface area (Å²) in [6.07, 6.45) is 2.47. The Morgan fingerprint density at radius 3 is 3.12 bits per heavy atom. The second-order valence-electron chi connectivity index (χ2n) is 4.24. The van der Waals surface area contributed by atoms with E-state index in [0.29, 0.717) is 6.04 Å². The molecule has 1 saturated heterocycles. The van der Waals surface area contributed by atoms with Gasteiger partial charge in [-0.15, -0.1) is 11.3 Å². The number of thiazole rings is 1. The number of rotatable bonds is 2. The summed E-state index contributed by atoms with van der Waals surface area (Å²) in [5.74, 6) is 0. The minimum atomic E-state index is 0.465. The molecule has 1 fully saturated rings. The molecule has 1 atom stereocenters. The van der Waals surface area contributed by atoms with Crippen LogP contribution in [0.1, 0.15) is 24.6 Å². The van der Waals surface area contributed by atoms with Crippen LogP contribution in [0.25, 0.3) is 10.6 Å². The van der Waals surface area contributed by atoms with E-state index < -0.39 is 0 Å². The molecular weight excluding hydrogens is 296 g/mol. The van der Waals surface area contributed by atoms with Crippen LogP contribution in [0.5, 0.6) is 0 Å². The van der Waals surface area contributed by atoms with Crippen molar-refractivity contribution in [3.8, 4) is 10.6 Å². The van der Waals surface area contributed by atoms with Crippen LogP contribution in [-0.4, -0.2) is 11.5 Å². The maximum Gasteiger partial charge on any atom is 0.123 e. The van der Waals surface area contributed by atoms with Gasteiger partial charge >= 0.3 is 0 Å². The molecule has 17 heavy (non-hydrogen) atoms. The smallest absolute Gasteiger partial charge is 0.123 e. The van der Waals surface area contributed by atoms with Crippen molar-refractivity contribution in [2.24, 2.45) is 0 Å². The van der Waals surface area contributed by atoms with Crippen LogP contribution in [-0.2, 0) is 0 Å². The topological polar surface area (TPSA) is 24.9 Å². The molecule has 1 aliphatic rings. The lowest BCUT2D eigenvalue weighted by Gasteiger charge is -2.05. The van der Waals surface area contributed by atoms with E-state index in [1.807, 2.05) is 12.1 Å². The molecular formula is C13H13BrN2S. The van der Waals surface area contributed by atoms with E-state index in [-0.39, 0.29) is 0 Å². The Morgan fingerprint density at radius 2 is 2.35 bits per heavy atom. The third kappa shape index (κ3) is 2.44. The molecule has 0 amide bonds. The van der Waals surface area contributed by atoms with Gasteiger partial charge in [0.05, 0.1) is 11.7 Å².